The van der Waals surface area contributed by atoms with E-state index in [-0.39, 0.29) is 28.4 Å². The number of hydrogen-bond acceptors (Lipinski definition) is 5. The van der Waals surface area contributed by atoms with E-state index in [0.717, 1.165) is 0 Å². The number of benzene rings is 1. The third kappa shape index (κ3) is 3.41. The maximum atomic E-state index is 12.3. The Morgan fingerprint density at radius 1 is 1.24 bits per heavy atom. The van der Waals surface area contributed by atoms with Crippen LogP contribution in [0.5, 0.6) is 0 Å². The molecule has 0 saturated carbocycles. The molecule has 116 valence electrons. The highest BCUT2D eigenvalue weighted by atomic mass is 32.2. The first-order valence-corrected chi connectivity index (χ1v) is 8.06. The molecule has 7 nitrogen and oxygen atoms in total. The van der Waals surface area contributed by atoms with E-state index in [0.29, 0.717) is 13.2 Å². The van der Waals surface area contributed by atoms with Gasteiger partial charge in [0.25, 0.3) is 0 Å². The Morgan fingerprint density at radius 2 is 1.95 bits per heavy atom. The molecule has 0 radical (unpaired) electrons. The Labute approximate surface area is 124 Å². The molecule has 1 aliphatic heterocycles. The van der Waals surface area contributed by atoms with Gasteiger partial charge in [0, 0.05) is 6.04 Å². The molecule has 21 heavy (non-hydrogen) atoms. The molecule has 0 aliphatic carbocycles. The van der Waals surface area contributed by atoms with E-state index in [2.05, 4.69) is 15.4 Å². The highest BCUT2D eigenvalue weighted by molar-refractivity contribution is 7.89. The molecule has 1 aromatic rings. The summed E-state index contributed by atoms with van der Waals surface area (Å²) in [4.78, 5) is 12.3. The average Bonchev–Trinajstić information content (AvgIpc) is 2.96. The third-order valence-electron chi connectivity index (χ3n) is 3.49. The van der Waals surface area contributed by atoms with Gasteiger partial charge in [-0.05, 0) is 26.2 Å². The van der Waals surface area contributed by atoms with E-state index in [9.17, 15) is 13.2 Å². The second-order valence-electron chi connectivity index (χ2n) is 4.73. The fourth-order valence-corrected chi connectivity index (χ4v) is 3.12. The maximum Gasteiger partial charge on any atom is 0.242 e. The molecule has 1 aromatic carbocycles. The van der Waals surface area contributed by atoms with Crippen LogP contribution in [-0.2, 0) is 19.6 Å². The molecule has 0 spiro atoms. The van der Waals surface area contributed by atoms with Crippen molar-refractivity contribution in [3.63, 3.8) is 0 Å². The number of anilines is 1. The molecule has 1 saturated heterocycles. The van der Waals surface area contributed by atoms with Crippen molar-refractivity contribution in [1.82, 2.24) is 10.0 Å². The number of likely N-dealkylation sites (N-methyl/N-ethyl adjacent to an activating group) is 1. The van der Waals surface area contributed by atoms with Crippen molar-refractivity contribution in [3.8, 4) is 0 Å². The van der Waals surface area contributed by atoms with Gasteiger partial charge in [-0.3, -0.25) is 4.79 Å². The minimum Gasteiger partial charge on any atom is -0.379 e. The van der Waals surface area contributed by atoms with Gasteiger partial charge in [-0.25, -0.2) is 13.1 Å². The summed E-state index contributed by atoms with van der Waals surface area (Å²) in [5, 5.41) is 5.70. The van der Waals surface area contributed by atoms with Crippen molar-refractivity contribution in [2.45, 2.75) is 10.9 Å². The summed E-state index contributed by atoms with van der Waals surface area (Å²) in [6.45, 7) is 0.781. The number of hydrogen-bond donors (Lipinski definition) is 3. The quantitative estimate of drug-likeness (QED) is 0.698. The van der Waals surface area contributed by atoms with Crippen LogP contribution in [0.4, 0.5) is 5.69 Å². The van der Waals surface area contributed by atoms with Crippen LogP contribution in [0, 0.1) is 5.92 Å². The van der Waals surface area contributed by atoms with Gasteiger partial charge in [0.1, 0.15) is 4.90 Å². The SMILES string of the molecule is CNC1COCC1C(=O)Nc1ccccc1S(=O)(=O)NC. The number of nitrogens with one attached hydrogen (secondary N) is 3. The van der Waals surface area contributed by atoms with Gasteiger partial charge < -0.3 is 15.4 Å². The van der Waals surface area contributed by atoms with E-state index in [1.807, 2.05) is 0 Å². The molecule has 2 unspecified atom stereocenters. The Kier molecular flexibility index (Phi) is 4.94. The predicted molar refractivity (Wildman–Crippen MR) is 78.5 cm³/mol. The summed E-state index contributed by atoms with van der Waals surface area (Å²) in [6.07, 6.45) is 0. The number of sulfonamides is 1. The smallest absolute Gasteiger partial charge is 0.242 e. The fourth-order valence-electron chi connectivity index (χ4n) is 2.24. The number of carbonyl (C=O) groups is 1. The van der Waals surface area contributed by atoms with Crippen molar-refractivity contribution >= 4 is 21.6 Å². The second-order valence-corrected chi connectivity index (χ2v) is 6.59. The average molecular weight is 313 g/mol. The fraction of sp³-hybridized carbons (Fsp3) is 0.462. The zero-order valence-electron chi connectivity index (χ0n) is 11.9. The number of amides is 1. The minimum atomic E-state index is -3.63. The molecule has 3 N–H and O–H groups in total. The zero-order chi connectivity index (χ0) is 15.5. The summed E-state index contributed by atoms with van der Waals surface area (Å²) in [6, 6.07) is 6.21. The summed E-state index contributed by atoms with van der Waals surface area (Å²) in [5.74, 6) is -0.606. The molecule has 0 bridgehead atoms. The van der Waals surface area contributed by atoms with E-state index in [1.54, 1.807) is 25.2 Å². The van der Waals surface area contributed by atoms with Gasteiger partial charge in [0.05, 0.1) is 24.8 Å². The van der Waals surface area contributed by atoms with Crippen molar-refractivity contribution in [2.24, 2.45) is 5.92 Å². The Balaban J connectivity index is 2.22. The minimum absolute atomic E-state index is 0.0424. The van der Waals surface area contributed by atoms with Gasteiger partial charge in [-0.2, -0.15) is 0 Å². The van der Waals surface area contributed by atoms with E-state index >= 15 is 0 Å². The van der Waals surface area contributed by atoms with Crippen molar-refractivity contribution in [2.75, 3.05) is 32.6 Å². The monoisotopic (exact) mass is 313 g/mol. The van der Waals surface area contributed by atoms with Crippen molar-refractivity contribution in [3.05, 3.63) is 24.3 Å². The summed E-state index contributed by atoms with van der Waals surface area (Å²) >= 11 is 0. The highest BCUT2D eigenvalue weighted by Gasteiger charge is 2.33. The van der Waals surface area contributed by atoms with Crippen molar-refractivity contribution < 1.29 is 17.9 Å². The third-order valence-corrected chi connectivity index (χ3v) is 4.96. The number of rotatable bonds is 5. The normalized spacial score (nSPS) is 22.2. The van der Waals surface area contributed by atoms with E-state index < -0.39 is 10.0 Å². The van der Waals surface area contributed by atoms with Crippen LogP contribution in [0.2, 0.25) is 0 Å². The lowest BCUT2D eigenvalue weighted by Crippen LogP contribution is -2.39. The van der Waals surface area contributed by atoms with Gasteiger partial charge >= 0.3 is 0 Å². The van der Waals surface area contributed by atoms with Gasteiger partial charge in [-0.15, -0.1) is 0 Å². The molecule has 0 aromatic heterocycles. The molecule has 1 aliphatic rings. The Morgan fingerprint density at radius 3 is 2.62 bits per heavy atom. The molecule has 1 amide bonds. The molecule has 1 heterocycles. The van der Waals surface area contributed by atoms with Crippen LogP contribution >= 0.6 is 0 Å². The summed E-state index contributed by atoms with van der Waals surface area (Å²) in [5.41, 5.74) is 0.263. The van der Waals surface area contributed by atoms with Crippen LogP contribution in [0.25, 0.3) is 0 Å². The maximum absolute atomic E-state index is 12.3. The largest absolute Gasteiger partial charge is 0.379 e. The van der Waals surface area contributed by atoms with Crippen LogP contribution in [0.15, 0.2) is 29.2 Å². The molecular weight excluding hydrogens is 294 g/mol. The lowest BCUT2D eigenvalue weighted by Gasteiger charge is -2.17. The first kappa shape index (κ1) is 15.9. The first-order valence-electron chi connectivity index (χ1n) is 6.58. The van der Waals surface area contributed by atoms with Crippen molar-refractivity contribution in [1.29, 1.82) is 0 Å². The lowest BCUT2D eigenvalue weighted by molar-refractivity contribution is -0.120. The first-order chi connectivity index (χ1) is 9.99. The van der Waals surface area contributed by atoms with E-state index in [1.165, 1.54) is 13.1 Å². The molecule has 8 heteroatoms. The molecular formula is C13H19N3O4S. The van der Waals surface area contributed by atoms with Gasteiger partial charge in [0.2, 0.25) is 15.9 Å². The van der Waals surface area contributed by atoms with Crippen LogP contribution < -0.4 is 15.4 Å². The van der Waals surface area contributed by atoms with E-state index in [4.69, 9.17) is 4.74 Å². The number of ether oxygens (including phenoxy) is 1. The molecule has 2 atom stereocenters. The van der Waals surface area contributed by atoms with Crippen LogP contribution in [-0.4, -0.2) is 47.7 Å². The highest BCUT2D eigenvalue weighted by Crippen LogP contribution is 2.22. The topological polar surface area (TPSA) is 96.5 Å². The summed E-state index contributed by atoms with van der Waals surface area (Å²) in [7, 11) is -0.537. The standard InChI is InChI=1S/C13H19N3O4S/c1-14-11-8-20-7-9(11)13(17)16-10-5-3-4-6-12(10)21(18,19)15-2/h3-6,9,11,14-15H,7-8H2,1-2H3,(H,16,17). The second kappa shape index (κ2) is 6.52. The summed E-state index contributed by atoms with van der Waals surface area (Å²) < 4.78 is 31.4. The number of carbonyl (C=O) groups excluding carboxylic acids is 1. The molecule has 1 fully saturated rings. The number of para-hydroxylation sites is 1. The van der Waals surface area contributed by atoms with Crippen LogP contribution in [0.1, 0.15) is 0 Å². The van der Waals surface area contributed by atoms with Crippen LogP contribution in [0.3, 0.4) is 0 Å². The van der Waals surface area contributed by atoms with Gasteiger partial charge in [0.15, 0.2) is 0 Å². The Hall–Kier alpha value is -1.48. The lowest BCUT2D eigenvalue weighted by atomic mass is 10.0. The molecule has 2 rings (SSSR count). The Bertz CT molecular complexity index is 618. The van der Waals surface area contributed by atoms with Gasteiger partial charge in [-0.1, -0.05) is 12.1 Å². The predicted octanol–water partition coefficient (Wildman–Crippen LogP) is -0.232. The zero-order valence-corrected chi connectivity index (χ0v) is 12.7.